The molecule has 0 spiro atoms. The number of carboxylic acid groups (broad SMARTS) is 1. The van der Waals surface area contributed by atoms with Crippen LogP contribution in [-0.2, 0) is 0 Å². The Morgan fingerprint density at radius 1 is 1.50 bits per heavy atom. The molecule has 0 atom stereocenters. The van der Waals surface area contributed by atoms with Gasteiger partial charge >= 0.3 is 5.97 Å². The lowest BCUT2D eigenvalue weighted by atomic mass is 10.1. The molecule has 2 heterocycles. The van der Waals surface area contributed by atoms with E-state index in [1.807, 2.05) is 0 Å². The number of carboxylic acids is 1. The first-order chi connectivity index (χ1) is 8.34. The lowest BCUT2D eigenvalue weighted by molar-refractivity contribution is -0.386. The molecule has 7 nitrogen and oxygen atoms in total. The first-order valence-electron chi connectivity index (χ1n) is 4.91. The maximum Gasteiger partial charge on any atom is 0.348 e. The molecule has 94 valence electrons. The Kier molecular flexibility index (Phi) is 2.66. The van der Waals surface area contributed by atoms with Gasteiger partial charge in [0, 0.05) is 10.9 Å². The van der Waals surface area contributed by atoms with Gasteiger partial charge in [0.05, 0.1) is 10.6 Å². The fraction of sp³-hybridized carbons (Fsp3) is 0.200. The number of pyridine rings is 1. The molecule has 0 aliphatic heterocycles. The molecule has 0 aromatic carbocycles. The zero-order valence-corrected chi connectivity index (χ0v) is 10.4. The number of carbonyl (C=O) groups is 1. The molecule has 0 unspecified atom stereocenters. The number of hydrogen-bond donors (Lipinski definition) is 2. The number of nitro groups is 1. The lowest BCUT2D eigenvalue weighted by Crippen LogP contribution is -2.00. The van der Waals surface area contributed by atoms with Crippen LogP contribution in [0.5, 0.6) is 0 Å². The molecule has 0 aliphatic rings. The molecule has 18 heavy (non-hydrogen) atoms. The van der Waals surface area contributed by atoms with Gasteiger partial charge in [-0.15, -0.1) is 11.3 Å². The number of nitrogens with two attached hydrogens (primary N) is 1. The van der Waals surface area contributed by atoms with Gasteiger partial charge in [-0.05, 0) is 13.8 Å². The van der Waals surface area contributed by atoms with Gasteiger partial charge in [-0.2, -0.15) is 0 Å². The van der Waals surface area contributed by atoms with Crippen molar-refractivity contribution in [3.8, 4) is 0 Å². The van der Waals surface area contributed by atoms with E-state index >= 15 is 0 Å². The topological polar surface area (TPSA) is 119 Å². The number of thiophene rings is 1. The fourth-order valence-electron chi connectivity index (χ4n) is 1.90. The summed E-state index contributed by atoms with van der Waals surface area (Å²) in [6, 6.07) is 0. The maximum absolute atomic E-state index is 11.0. The van der Waals surface area contributed by atoms with Gasteiger partial charge in [-0.1, -0.05) is 0 Å². The number of nitrogen functional groups attached to an aromatic ring is 1. The summed E-state index contributed by atoms with van der Waals surface area (Å²) in [6.07, 6.45) is 0. The minimum Gasteiger partial charge on any atom is -0.477 e. The second-order valence-electron chi connectivity index (χ2n) is 3.76. The van der Waals surface area contributed by atoms with E-state index in [0.29, 0.717) is 15.8 Å². The lowest BCUT2D eigenvalue weighted by Gasteiger charge is -2.02. The molecule has 2 aromatic rings. The maximum atomic E-state index is 11.0. The van der Waals surface area contributed by atoms with Crippen molar-refractivity contribution in [3.05, 3.63) is 26.2 Å². The molecule has 8 heteroatoms. The van der Waals surface area contributed by atoms with Crippen molar-refractivity contribution >= 4 is 38.9 Å². The van der Waals surface area contributed by atoms with Gasteiger partial charge in [-0.25, -0.2) is 9.78 Å². The Hall–Kier alpha value is -2.22. The standard InChI is InChI=1S/C10H9N3O4S/c1-3-5-6(11)8(10(14)15)18-9(5)12-4(2)7(3)13(16)17/h11H2,1-2H3,(H,14,15). The normalized spacial score (nSPS) is 10.8. The molecule has 2 aromatic heterocycles. The first kappa shape index (κ1) is 12.2. The van der Waals surface area contributed by atoms with Crippen molar-refractivity contribution < 1.29 is 14.8 Å². The van der Waals surface area contributed by atoms with E-state index in [9.17, 15) is 14.9 Å². The summed E-state index contributed by atoms with van der Waals surface area (Å²) in [5, 5.41) is 20.3. The average Bonchev–Trinajstić information content (AvgIpc) is 2.55. The summed E-state index contributed by atoms with van der Waals surface area (Å²) in [7, 11) is 0. The SMILES string of the molecule is Cc1nc2sc(C(=O)O)c(N)c2c(C)c1[N+](=O)[O-]. The van der Waals surface area contributed by atoms with E-state index in [4.69, 9.17) is 10.8 Å². The van der Waals surface area contributed by atoms with Gasteiger partial charge in [-0.3, -0.25) is 10.1 Å². The number of hydrogen-bond acceptors (Lipinski definition) is 6. The molecule has 0 saturated heterocycles. The number of aromatic nitrogens is 1. The second kappa shape index (κ2) is 3.91. The van der Waals surface area contributed by atoms with E-state index < -0.39 is 10.9 Å². The first-order valence-corrected chi connectivity index (χ1v) is 5.73. The van der Waals surface area contributed by atoms with Gasteiger partial charge < -0.3 is 10.8 Å². The van der Waals surface area contributed by atoms with Crippen LogP contribution in [0.4, 0.5) is 11.4 Å². The van der Waals surface area contributed by atoms with Crippen molar-refractivity contribution in [1.82, 2.24) is 4.98 Å². The van der Waals surface area contributed by atoms with E-state index in [1.54, 1.807) is 6.92 Å². The third-order valence-electron chi connectivity index (χ3n) is 2.65. The summed E-state index contributed by atoms with van der Waals surface area (Å²) in [5.74, 6) is -1.16. The highest BCUT2D eigenvalue weighted by Crippen LogP contribution is 2.38. The zero-order valence-electron chi connectivity index (χ0n) is 9.55. The van der Waals surface area contributed by atoms with Crippen LogP contribution in [0.2, 0.25) is 0 Å². The number of nitrogens with zero attached hydrogens (tertiary/aromatic N) is 2. The van der Waals surface area contributed by atoms with Crippen LogP contribution in [0, 0.1) is 24.0 Å². The van der Waals surface area contributed by atoms with Crippen LogP contribution >= 0.6 is 11.3 Å². The quantitative estimate of drug-likeness (QED) is 0.635. The summed E-state index contributed by atoms with van der Waals surface area (Å²) in [5.41, 5.74) is 6.25. The monoisotopic (exact) mass is 267 g/mol. The van der Waals surface area contributed by atoms with E-state index in [0.717, 1.165) is 11.3 Å². The molecule has 0 saturated carbocycles. The van der Waals surface area contributed by atoms with E-state index in [-0.39, 0.29) is 21.9 Å². The Morgan fingerprint density at radius 2 is 2.11 bits per heavy atom. The third-order valence-corrected chi connectivity index (χ3v) is 3.73. The van der Waals surface area contributed by atoms with Crippen LogP contribution < -0.4 is 5.73 Å². The van der Waals surface area contributed by atoms with E-state index in [1.165, 1.54) is 6.92 Å². The summed E-state index contributed by atoms with van der Waals surface area (Å²) in [6.45, 7) is 3.06. The number of anilines is 1. The van der Waals surface area contributed by atoms with Crippen LogP contribution in [0.1, 0.15) is 20.9 Å². The summed E-state index contributed by atoms with van der Waals surface area (Å²) >= 11 is 0.922. The number of aromatic carboxylic acids is 1. The van der Waals surface area contributed by atoms with Crippen molar-refractivity contribution in [1.29, 1.82) is 0 Å². The fourth-order valence-corrected chi connectivity index (χ4v) is 2.94. The Labute approximate surface area is 105 Å². The van der Waals surface area contributed by atoms with Crippen LogP contribution in [-0.4, -0.2) is 21.0 Å². The number of rotatable bonds is 2. The van der Waals surface area contributed by atoms with Crippen molar-refractivity contribution in [2.24, 2.45) is 0 Å². The summed E-state index contributed by atoms with van der Waals surface area (Å²) in [4.78, 5) is 25.8. The Balaban J connectivity index is 2.93. The molecule has 0 fully saturated rings. The van der Waals surface area contributed by atoms with Gasteiger partial charge in [0.15, 0.2) is 0 Å². The highest BCUT2D eigenvalue weighted by Gasteiger charge is 2.25. The average molecular weight is 267 g/mol. The third kappa shape index (κ3) is 1.58. The van der Waals surface area contributed by atoms with Gasteiger partial charge in [0.25, 0.3) is 5.69 Å². The van der Waals surface area contributed by atoms with Gasteiger partial charge in [0.1, 0.15) is 15.4 Å². The number of fused-ring (bicyclic) bond motifs is 1. The molecule has 0 aliphatic carbocycles. The highest BCUT2D eigenvalue weighted by atomic mass is 32.1. The van der Waals surface area contributed by atoms with Crippen molar-refractivity contribution in [3.63, 3.8) is 0 Å². The largest absolute Gasteiger partial charge is 0.477 e. The van der Waals surface area contributed by atoms with Crippen molar-refractivity contribution in [2.45, 2.75) is 13.8 Å². The predicted octanol–water partition coefficient (Wildman–Crippen LogP) is 2.10. The molecule has 2 rings (SSSR count). The molecule has 0 amide bonds. The smallest absolute Gasteiger partial charge is 0.348 e. The number of aryl methyl sites for hydroxylation is 2. The molecule has 3 N–H and O–H groups in total. The molecule has 0 radical (unpaired) electrons. The van der Waals surface area contributed by atoms with Crippen LogP contribution in [0.3, 0.4) is 0 Å². The molecular formula is C10H9N3O4S. The highest BCUT2D eigenvalue weighted by molar-refractivity contribution is 7.21. The summed E-state index contributed by atoms with van der Waals surface area (Å²) < 4.78 is 0. The predicted molar refractivity (Wildman–Crippen MR) is 67.1 cm³/mol. The second-order valence-corrected chi connectivity index (χ2v) is 4.76. The Morgan fingerprint density at radius 3 is 2.61 bits per heavy atom. The van der Waals surface area contributed by atoms with E-state index in [2.05, 4.69) is 4.98 Å². The molecular weight excluding hydrogens is 258 g/mol. The van der Waals surface area contributed by atoms with Crippen molar-refractivity contribution in [2.75, 3.05) is 5.73 Å². The Bertz CT molecular complexity index is 692. The van der Waals surface area contributed by atoms with Gasteiger partial charge in [0.2, 0.25) is 0 Å². The zero-order chi connectivity index (χ0) is 13.6. The van der Waals surface area contributed by atoms with Crippen LogP contribution in [0.25, 0.3) is 10.2 Å². The molecule has 0 bridgehead atoms. The van der Waals surface area contributed by atoms with Crippen LogP contribution in [0.15, 0.2) is 0 Å². The minimum atomic E-state index is -1.16. The minimum absolute atomic E-state index is 0.0376.